The standard InChI is InChI=1S/C22H29NO2/c1-17(2)22(3,25)16-21(24)23(4)20(19-13-9-6-10-14-19)15-18-11-7-5-8-12-18/h5-14,17,20,25H,15-16H2,1-4H3. The lowest BCUT2D eigenvalue weighted by atomic mass is 9.88. The van der Waals surface area contributed by atoms with Crippen LogP contribution < -0.4 is 0 Å². The van der Waals surface area contributed by atoms with Gasteiger partial charge in [0.1, 0.15) is 0 Å². The van der Waals surface area contributed by atoms with E-state index in [1.165, 1.54) is 5.56 Å². The first kappa shape index (κ1) is 19.2. The lowest BCUT2D eigenvalue weighted by Crippen LogP contribution is -2.41. The lowest BCUT2D eigenvalue weighted by Gasteiger charge is -2.33. The van der Waals surface area contributed by atoms with Crippen molar-refractivity contribution in [3.8, 4) is 0 Å². The van der Waals surface area contributed by atoms with Gasteiger partial charge in [0, 0.05) is 7.05 Å². The number of rotatable bonds is 7. The van der Waals surface area contributed by atoms with Crippen LogP contribution in [0.1, 0.15) is 44.4 Å². The third-order valence-electron chi connectivity index (χ3n) is 5.07. The van der Waals surface area contributed by atoms with E-state index in [0.29, 0.717) is 0 Å². The van der Waals surface area contributed by atoms with Crippen molar-refractivity contribution in [3.63, 3.8) is 0 Å². The fraction of sp³-hybridized carbons (Fsp3) is 0.409. The number of hydrogen-bond donors (Lipinski definition) is 1. The molecule has 1 N–H and O–H groups in total. The summed E-state index contributed by atoms with van der Waals surface area (Å²) in [4.78, 5) is 14.6. The Hall–Kier alpha value is -2.13. The molecule has 0 aromatic heterocycles. The maximum absolute atomic E-state index is 12.8. The fourth-order valence-corrected chi connectivity index (χ4v) is 2.80. The number of hydrogen-bond acceptors (Lipinski definition) is 2. The van der Waals surface area contributed by atoms with Crippen LogP contribution in [0.15, 0.2) is 60.7 Å². The molecule has 2 atom stereocenters. The number of benzene rings is 2. The molecule has 0 aliphatic rings. The van der Waals surface area contributed by atoms with Crippen LogP contribution >= 0.6 is 0 Å². The van der Waals surface area contributed by atoms with Crippen molar-refractivity contribution < 1.29 is 9.90 Å². The highest BCUT2D eigenvalue weighted by molar-refractivity contribution is 5.77. The van der Waals surface area contributed by atoms with Crippen LogP contribution in [0, 0.1) is 5.92 Å². The Bertz CT molecular complexity index is 665. The van der Waals surface area contributed by atoms with Gasteiger partial charge in [-0.15, -0.1) is 0 Å². The van der Waals surface area contributed by atoms with Crippen molar-refractivity contribution in [2.24, 2.45) is 5.92 Å². The van der Waals surface area contributed by atoms with Crippen molar-refractivity contribution in [3.05, 3.63) is 71.8 Å². The monoisotopic (exact) mass is 339 g/mol. The molecule has 2 unspecified atom stereocenters. The second-order valence-electron chi connectivity index (χ2n) is 7.31. The van der Waals surface area contributed by atoms with Crippen molar-refractivity contribution in [1.82, 2.24) is 4.90 Å². The van der Waals surface area contributed by atoms with Crippen LogP contribution in [-0.2, 0) is 11.2 Å². The third kappa shape index (κ3) is 5.17. The lowest BCUT2D eigenvalue weighted by molar-refractivity contribution is -0.138. The predicted molar refractivity (Wildman–Crippen MR) is 102 cm³/mol. The van der Waals surface area contributed by atoms with Crippen LogP contribution in [0.25, 0.3) is 0 Å². The zero-order valence-corrected chi connectivity index (χ0v) is 15.6. The number of amides is 1. The minimum Gasteiger partial charge on any atom is -0.389 e. The summed E-state index contributed by atoms with van der Waals surface area (Å²) < 4.78 is 0. The van der Waals surface area contributed by atoms with E-state index in [4.69, 9.17) is 0 Å². The van der Waals surface area contributed by atoms with Crippen LogP contribution in [0.5, 0.6) is 0 Å². The second-order valence-corrected chi connectivity index (χ2v) is 7.31. The predicted octanol–water partition coefficient (Wildman–Crippen LogP) is 4.23. The Labute approximate surface area is 151 Å². The molecule has 0 aliphatic carbocycles. The van der Waals surface area contributed by atoms with Gasteiger partial charge in [0.2, 0.25) is 5.91 Å². The number of carbonyl (C=O) groups is 1. The molecule has 2 aromatic carbocycles. The van der Waals surface area contributed by atoms with Crippen molar-refractivity contribution in [2.75, 3.05) is 7.05 Å². The van der Waals surface area contributed by atoms with Gasteiger partial charge in [-0.05, 0) is 30.4 Å². The molecule has 0 saturated heterocycles. The molecule has 134 valence electrons. The van der Waals surface area contributed by atoms with Gasteiger partial charge in [-0.25, -0.2) is 0 Å². The summed E-state index contributed by atoms with van der Waals surface area (Å²) in [5.41, 5.74) is 1.29. The summed E-state index contributed by atoms with van der Waals surface area (Å²) in [5, 5.41) is 10.5. The number of carbonyl (C=O) groups excluding carboxylic acids is 1. The topological polar surface area (TPSA) is 40.5 Å². The molecular weight excluding hydrogens is 310 g/mol. The maximum atomic E-state index is 12.8. The van der Waals surface area contributed by atoms with E-state index in [1.54, 1.807) is 11.8 Å². The summed E-state index contributed by atoms with van der Waals surface area (Å²) in [6.07, 6.45) is 0.871. The molecule has 0 saturated carbocycles. The highest BCUT2D eigenvalue weighted by atomic mass is 16.3. The summed E-state index contributed by atoms with van der Waals surface area (Å²) in [6.45, 7) is 5.61. The zero-order valence-electron chi connectivity index (χ0n) is 15.6. The Kier molecular flexibility index (Phi) is 6.38. The van der Waals surface area contributed by atoms with E-state index >= 15 is 0 Å². The number of nitrogens with zero attached hydrogens (tertiary/aromatic N) is 1. The van der Waals surface area contributed by atoms with Gasteiger partial charge in [0.15, 0.2) is 0 Å². The zero-order chi connectivity index (χ0) is 18.4. The molecule has 3 nitrogen and oxygen atoms in total. The van der Waals surface area contributed by atoms with Gasteiger partial charge in [-0.3, -0.25) is 4.79 Å². The second kappa shape index (κ2) is 8.30. The molecule has 3 heteroatoms. The molecule has 2 aromatic rings. The largest absolute Gasteiger partial charge is 0.389 e. The first-order valence-electron chi connectivity index (χ1n) is 8.88. The van der Waals surface area contributed by atoms with Gasteiger partial charge < -0.3 is 10.0 Å². The van der Waals surface area contributed by atoms with Crippen LogP contribution in [0.2, 0.25) is 0 Å². The van der Waals surface area contributed by atoms with E-state index < -0.39 is 5.60 Å². The summed E-state index contributed by atoms with van der Waals surface area (Å²) in [7, 11) is 1.83. The Morgan fingerprint density at radius 3 is 2.08 bits per heavy atom. The molecule has 25 heavy (non-hydrogen) atoms. The Balaban J connectivity index is 2.24. The van der Waals surface area contributed by atoms with E-state index in [2.05, 4.69) is 24.3 Å². The van der Waals surface area contributed by atoms with E-state index in [0.717, 1.165) is 12.0 Å². The van der Waals surface area contributed by atoms with Gasteiger partial charge >= 0.3 is 0 Å². The molecule has 0 radical (unpaired) electrons. The van der Waals surface area contributed by atoms with Crippen LogP contribution in [0.4, 0.5) is 0 Å². The van der Waals surface area contributed by atoms with E-state index in [9.17, 15) is 9.90 Å². The average molecular weight is 339 g/mol. The number of likely N-dealkylation sites (N-methyl/N-ethyl adjacent to an activating group) is 1. The Morgan fingerprint density at radius 1 is 1.04 bits per heavy atom. The number of aliphatic hydroxyl groups is 1. The molecule has 0 fully saturated rings. The minimum absolute atomic E-state index is 0.0224. The van der Waals surface area contributed by atoms with Crippen molar-refractivity contribution >= 4 is 5.91 Å². The average Bonchev–Trinajstić information content (AvgIpc) is 2.60. The molecule has 0 spiro atoms. The fourth-order valence-electron chi connectivity index (χ4n) is 2.80. The van der Waals surface area contributed by atoms with Gasteiger partial charge in [-0.2, -0.15) is 0 Å². The third-order valence-corrected chi connectivity index (χ3v) is 5.07. The summed E-state index contributed by atoms with van der Waals surface area (Å²) in [6, 6.07) is 20.2. The first-order valence-corrected chi connectivity index (χ1v) is 8.88. The summed E-state index contributed by atoms with van der Waals surface area (Å²) >= 11 is 0. The normalized spacial score (nSPS) is 14.8. The van der Waals surface area contributed by atoms with E-state index in [1.807, 2.05) is 57.3 Å². The minimum atomic E-state index is -1.00. The quantitative estimate of drug-likeness (QED) is 0.820. The SMILES string of the molecule is CC(C)C(C)(O)CC(=O)N(C)C(Cc1ccccc1)c1ccccc1. The molecular formula is C22H29NO2. The maximum Gasteiger partial charge on any atom is 0.225 e. The molecule has 0 aliphatic heterocycles. The van der Waals surface area contributed by atoms with Crippen molar-refractivity contribution in [2.45, 2.75) is 45.3 Å². The van der Waals surface area contributed by atoms with Gasteiger partial charge in [-0.1, -0.05) is 74.5 Å². The Morgan fingerprint density at radius 2 is 1.56 bits per heavy atom. The molecule has 0 bridgehead atoms. The summed E-state index contributed by atoms with van der Waals surface area (Å²) in [5.74, 6) is -0.0161. The first-order chi connectivity index (χ1) is 11.8. The van der Waals surface area contributed by atoms with Crippen molar-refractivity contribution in [1.29, 1.82) is 0 Å². The van der Waals surface area contributed by atoms with Crippen LogP contribution in [-0.4, -0.2) is 28.6 Å². The smallest absolute Gasteiger partial charge is 0.225 e. The van der Waals surface area contributed by atoms with Gasteiger partial charge in [0.05, 0.1) is 18.1 Å². The van der Waals surface area contributed by atoms with Gasteiger partial charge in [0.25, 0.3) is 0 Å². The highest BCUT2D eigenvalue weighted by Crippen LogP contribution is 2.27. The highest BCUT2D eigenvalue weighted by Gasteiger charge is 2.31. The molecule has 1 amide bonds. The van der Waals surface area contributed by atoms with E-state index in [-0.39, 0.29) is 24.3 Å². The van der Waals surface area contributed by atoms with Crippen LogP contribution in [0.3, 0.4) is 0 Å². The molecule has 2 rings (SSSR count). The molecule has 0 heterocycles.